The molecule has 0 aliphatic rings. The summed E-state index contributed by atoms with van der Waals surface area (Å²) >= 11 is 0. The molecule has 1 N–H and O–H groups in total. The summed E-state index contributed by atoms with van der Waals surface area (Å²) in [4.78, 5) is 20.4. The number of alkyl halides is 1. The lowest BCUT2D eigenvalue weighted by Gasteiger charge is -2.29. The van der Waals surface area contributed by atoms with Crippen LogP contribution in [0.5, 0.6) is 0 Å². The van der Waals surface area contributed by atoms with Crippen molar-refractivity contribution in [3.8, 4) is 0 Å². The van der Waals surface area contributed by atoms with Crippen LogP contribution in [-0.4, -0.2) is 69.0 Å². The maximum absolute atomic E-state index is 11.8. The molecule has 0 rings (SSSR count). The Morgan fingerprint density at radius 1 is 1.24 bits per heavy atom. The van der Waals surface area contributed by atoms with Gasteiger partial charge in [0.15, 0.2) is 0 Å². The van der Waals surface area contributed by atoms with Gasteiger partial charge in [0, 0.05) is 5.57 Å². The lowest BCUT2D eigenvalue weighted by molar-refractivity contribution is -0.890. The number of quaternary nitrogens is 1. The number of esters is 1. The molecule has 1 atom stereocenters. The summed E-state index contributed by atoms with van der Waals surface area (Å²) in [7, 11) is -0.497. The zero-order valence-corrected chi connectivity index (χ0v) is 13.6. The van der Waals surface area contributed by atoms with Crippen LogP contribution in [0.1, 0.15) is 6.92 Å². The van der Waals surface area contributed by atoms with Crippen LogP contribution in [0.2, 0.25) is 0 Å². The number of rotatable bonds is 11. The number of carbonyl (C=O) groups is 1. The van der Waals surface area contributed by atoms with E-state index in [9.17, 15) is 18.6 Å². The molecule has 0 radical (unpaired) electrons. The maximum atomic E-state index is 11.8. The van der Waals surface area contributed by atoms with Gasteiger partial charge in [0.1, 0.15) is 33.0 Å². The summed E-state index contributed by atoms with van der Waals surface area (Å²) in [6.07, 6.45) is 0. The van der Waals surface area contributed by atoms with E-state index in [1.807, 2.05) is 14.1 Å². The van der Waals surface area contributed by atoms with Gasteiger partial charge in [0.2, 0.25) is 0 Å². The molecular formula is C12H24FNO6P+. The molecule has 0 aliphatic carbocycles. The second kappa shape index (κ2) is 9.27. The maximum Gasteiger partial charge on any atom is 0.472 e. The summed E-state index contributed by atoms with van der Waals surface area (Å²) in [6.45, 7) is 4.76. The van der Waals surface area contributed by atoms with Crippen molar-refractivity contribution >= 4 is 13.8 Å². The van der Waals surface area contributed by atoms with E-state index in [0.717, 1.165) is 0 Å². The predicted octanol–water partition coefficient (Wildman–Crippen LogP) is 1.29. The van der Waals surface area contributed by atoms with E-state index < -0.39 is 27.1 Å². The molecule has 0 aromatic rings. The summed E-state index contributed by atoms with van der Waals surface area (Å²) in [6, 6.07) is 0. The van der Waals surface area contributed by atoms with E-state index in [4.69, 9.17) is 9.26 Å². The second-order valence-corrected chi connectivity index (χ2v) is 6.58. The fourth-order valence-corrected chi connectivity index (χ4v) is 1.90. The van der Waals surface area contributed by atoms with E-state index in [0.29, 0.717) is 23.1 Å². The highest BCUT2D eigenvalue weighted by Gasteiger charge is 2.23. The van der Waals surface area contributed by atoms with Crippen LogP contribution >= 0.6 is 7.82 Å². The zero-order valence-electron chi connectivity index (χ0n) is 12.7. The van der Waals surface area contributed by atoms with Crippen molar-refractivity contribution in [1.29, 1.82) is 0 Å². The molecule has 0 saturated heterocycles. The monoisotopic (exact) mass is 328 g/mol. The molecule has 0 heterocycles. The Balaban J connectivity index is 3.99. The first-order chi connectivity index (χ1) is 9.59. The summed E-state index contributed by atoms with van der Waals surface area (Å²) in [5.41, 5.74) is 0.329. The Morgan fingerprint density at radius 2 is 1.76 bits per heavy atom. The minimum atomic E-state index is -4.20. The fraction of sp³-hybridized carbons (Fsp3) is 0.750. The Kier molecular flexibility index (Phi) is 8.92. The van der Waals surface area contributed by atoms with Crippen molar-refractivity contribution in [1.82, 2.24) is 0 Å². The van der Waals surface area contributed by atoms with E-state index >= 15 is 0 Å². The number of carbonyl (C=O) groups excluding carboxylic acids is 1. The third kappa shape index (κ3) is 10.6. The van der Waals surface area contributed by atoms with Crippen LogP contribution in [0.3, 0.4) is 0 Å². The molecule has 0 bridgehead atoms. The van der Waals surface area contributed by atoms with Gasteiger partial charge in [-0.3, -0.25) is 9.05 Å². The van der Waals surface area contributed by atoms with Crippen LogP contribution in [0.4, 0.5) is 4.39 Å². The number of hydrogen-bond acceptors (Lipinski definition) is 5. The normalized spacial score (nSPS) is 14.5. The summed E-state index contributed by atoms with van der Waals surface area (Å²) < 4.78 is 37.6. The standard InChI is InChI=1S/C12H23FNO6P/c1-11(2)12(15)18-9-6-14(3,4)7-10-20-21(16,17)19-8-5-13/h1,5-10H2,2-4H3/p+1. The largest absolute Gasteiger partial charge is 0.472 e. The molecule has 1 unspecified atom stereocenters. The van der Waals surface area contributed by atoms with E-state index in [1.165, 1.54) is 0 Å². The predicted molar refractivity (Wildman–Crippen MR) is 75.3 cm³/mol. The van der Waals surface area contributed by atoms with Crippen LogP contribution < -0.4 is 0 Å². The van der Waals surface area contributed by atoms with Crippen molar-refractivity contribution in [2.75, 3.05) is 53.7 Å². The molecule has 0 saturated carbocycles. The minimum absolute atomic E-state index is 0.0402. The number of halogens is 1. The van der Waals surface area contributed by atoms with Crippen molar-refractivity contribution in [2.24, 2.45) is 0 Å². The lowest BCUT2D eigenvalue weighted by Crippen LogP contribution is -2.44. The van der Waals surface area contributed by atoms with Crippen LogP contribution in [-0.2, 0) is 23.1 Å². The number of nitrogens with zero attached hydrogens (tertiary/aromatic N) is 1. The average Bonchev–Trinajstić information content (AvgIpc) is 2.35. The van der Waals surface area contributed by atoms with Gasteiger partial charge < -0.3 is 14.1 Å². The Labute approximate surface area is 124 Å². The summed E-state index contributed by atoms with van der Waals surface area (Å²) in [5.74, 6) is -0.453. The Morgan fingerprint density at radius 3 is 2.29 bits per heavy atom. The lowest BCUT2D eigenvalue weighted by atomic mass is 10.4. The van der Waals surface area contributed by atoms with Gasteiger partial charge in [-0.05, 0) is 6.92 Å². The topological polar surface area (TPSA) is 82.1 Å². The number of phosphoric ester groups is 1. The molecule has 21 heavy (non-hydrogen) atoms. The highest BCUT2D eigenvalue weighted by molar-refractivity contribution is 7.47. The third-order valence-corrected chi connectivity index (χ3v) is 3.58. The second-order valence-electron chi connectivity index (χ2n) is 5.12. The number of hydrogen-bond donors (Lipinski definition) is 1. The van der Waals surface area contributed by atoms with Crippen molar-refractivity contribution in [3.63, 3.8) is 0 Å². The summed E-state index contributed by atoms with van der Waals surface area (Å²) in [5, 5.41) is 0. The molecule has 9 heteroatoms. The number of phosphoric acid groups is 1. The molecule has 0 spiro atoms. The van der Waals surface area contributed by atoms with Crippen LogP contribution in [0, 0.1) is 0 Å². The van der Waals surface area contributed by atoms with Gasteiger partial charge in [-0.25, -0.2) is 13.8 Å². The van der Waals surface area contributed by atoms with Crippen LogP contribution in [0.25, 0.3) is 0 Å². The van der Waals surface area contributed by atoms with Gasteiger partial charge in [-0.1, -0.05) is 6.58 Å². The Bertz CT molecular complexity index is 401. The molecule has 0 amide bonds. The molecular weight excluding hydrogens is 304 g/mol. The average molecular weight is 328 g/mol. The fourth-order valence-electron chi connectivity index (χ4n) is 1.21. The smallest absolute Gasteiger partial charge is 0.456 e. The first kappa shape index (κ1) is 20.2. The molecule has 0 aliphatic heterocycles. The van der Waals surface area contributed by atoms with Crippen molar-refractivity contribution in [2.45, 2.75) is 6.92 Å². The van der Waals surface area contributed by atoms with Gasteiger partial charge >= 0.3 is 13.8 Å². The van der Waals surface area contributed by atoms with Gasteiger partial charge in [0.05, 0.1) is 20.7 Å². The molecule has 0 aromatic carbocycles. The van der Waals surface area contributed by atoms with E-state index in [2.05, 4.69) is 11.1 Å². The highest BCUT2D eigenvalue weighted by atomic mass is 31.2. The Hall–Kier alpha value is -0.790. The van der Waals surface area contributed by atoms with Gasteiger partial charge in [0.25, 0.3) is 0 Å². The number of likely N-dealkylation sites (N-methyl/N-ethyl adjacent to an activating group) is 1. The number of ether oxygens (including phenoxy) is 1. The minimum Gasteiger partial charge on any atom is -0.456 e. The van der Waals surface area contributed by atoms with Crippen molar-refractivity contribution < 1.29 is 36.9 Å². The van der Waals surface area contributed by atoms with E-state index in [1.54, 1.807) is 6.92 Å². The zero-order chi connectivity index (χ0) is 16.5. The van der Waals surface area contributed by atoms with E-state index in [-0.39, 0.29) is 13.2 Å². The van der Waals surface area contributed by atoms with Gasteiger partial charge in [-0.2, -0.15) is 0 Å². The quantitative estimate of drug-likeness (QED) is 0.266. The molecule has 124 valence electrons. The molecule has 0 fully saturated rings. The molecule has 7 nitrogen and oxygen atoms in total. The van der Waals surface area contributed by atoms with Crippen molar-refractivity contribution in [3.05, 3.63) is 12.2 Å². The van der Waals surface area contributed by atoms with Gasteiger partial charge in [-0.15, -0.1) is 0 Å². The first-order valence-electron chi connectivity index (χ1n) is 6.42. The third-order valence-electron chi connectivity index (χ3n) is 2.56. The highest BCUT2D eigenvalue weighted by Crippen LogP contribution is 2.42. The molecule has 0 aromatic heterocycles. The SMILES string of the molecule is C=C(C)C(=O)OCC[N+](C)(C)CCOP(=O)(O)OCCF. The first-order valence-corrected chi connectivity index (χ1v) is 7.92. The van der Waals surface area contributed by atoms with Crippen LogP contribution in [0.15, 0.2) is 12.2 Å².